The van der Waals surface area contributed by atoms with Crippen LogP contribution in [0.2, 0.25) is 0 Å². The zero-order valence-corrected chi connectivity index (χ0v) is 13.7. The summed E-state index contributed by atoms with van der Waals surface area (Å²) in [6.45, 7) is 12.4. The third kappa shape index (κ3) is 7.17. The molecule has 0 aromatic carbocycles. The number of alkyl carbamates (subject to hydrolysis) is 1. The number of carbonyl (C=O) groups excluding carboxylic acids is 1. The van der Waals surface area contributed by atoms with Gasteiger partial charge in [-0.05, 0) is 34.6 Å². The van der Waals surface area contributed by atoms with Crippen molar-refractivity contribution in [3.63, 3.8) is 0 Å². The summed E-state index contributed by atoms with van der Waals surface area (Å²) in [4.78, 5) is 18.1. The van der Waals surface area contributed by atoms with Gasteiger partial charge in [0.05, 0.1) is 25.3 Å². The summed E-state index contributed by atoms with van der Waals surface area (Å²) in [5, 5.41) is 2.80. The Morgan fingerprint density at radius 1 is 1.29 bits per heavy atom. The van der Waals surface area contributed by atoms with Gasteiger partial charge in [0, 0.05) is 13.1 Å². The molecule has 21 heavy (non-hydrogen) atoms. The van der Waals surface area contributed by atoms with E-state index in [2.05, 4.69) is 10.3 Å². The molecule has 3 N–H and O–H groups in total. The number of amides is 1. The molecule has 0 spiro atoms. The lowest BCUT2D eigenvalue weighted by Crippen LogP contribution is -2.49. The standard InChI is InChI=1S/C14H28N4O3/c1-13(2,3)21-12(19)17-14(4,5)10-16-11(15)18-6-8-20-9-7-18/h6-10H2,1-5H3,(H2,15,16)(H,17,19). The van der Waals surface area contributed by atoms with E-state index in [0.29, 0.717) is 25.7 Å². The molecular formula is C14H28N4O3. The normalized spacial score (nSPS) is 17.6. The van der Waals surface area contributed by atoms with Crippen LogP contribution in [0.15, 0.2) is 4.99 Å². The van der Waals surface area contributed by atoms with E-state index < -0.39 is 17.2 Å². The highest BCUT2D eigenvalue weighted by Gasteiger charge is 2.24. The van der Waals surface area contributed by atoms with Crippen LogP contribution in [0.5, 0.6) is 0 Å². The number of ether oxygens (including phenoxy) is 2. The number of rotatable bonds is 3. The highest BCUT2D eigenvalue weighted by atomic mass is 16.6. The first-order valence-corrected chi connectivity index (χ1v) is 7.23. The molecule has 0 bridgehead atoms. The lowest BCUT2D eigenvalue weighted by Gasteiger charge is -2.30. The van der Waals surface area contributed by atoms with E-state index in [-0.39, 0.29) is 0 Å². The SMILES string of the molecule is CC(C)(CN=C(N)N1CCOCC1)NC(=O)OC(C)(C)C. The average Bonchev–Trinajstić information content (AvgIpc) is 2.34. The van der Waals surface area contributed by atoms with Crippen LogP contribution in [-0.4, -0.2) is 60.9 Å². The van der Waals surface area contributed by atoms with Crippen molar-refractivity contribution >= 4 is 12.1 Å². The number of aliphatic imine (C=N–C) groups is 1. The van der Waals surface area contributed by atoms with E-state index in [4.69, 9.17) is 15.2 Å². The van der Waals surface area contributed by atoms with E-state index in [0.717, 1.165) is 13.1 Å². The Labute approximate surface area is 126 Å². The smallest absolute Gasteiger partial charge is 0.408 e. The predicted octanol–water partition coefficient (Wildman–Crippen LogP) is 0.937. The maximum absolute atomic E-state index is 11.8. The lowest BCUT2D eigenvalue weighted by atomic mass is 10.1. The minimum atomic E-state index is -0.529. The fourth-order valence-corrected chi connectivity index (χ4v) is 1.79. The lowest BCUT2D eigenvalue weighted by molar-refractivity contribution is 0.0475. The van der Waals surface area contributed by atoms with Gasteiger partial charge >= 0.3 is 6.09 Å². The van der Waals surface area contributed by atoms with E-state index in [1.807, 2.05) is 39.5 Å². The first-order chi connectivity index (χ1) is 9.59. The maximum Gasteiger partial charge on any atom is 0.408 e. The second kappa shape index (κ2) is 6.98. The van der Waals surface area contributed by atoms with Crippen LogP contribution in [0, 0.1) is 0 Å². The van der Waals surface area contributed by atoms with Gasteiger partial charge in [-0.25, -0.2) is 4.79 Å². The number of nitrogens with two attached hydrogens (primary N) is 1. The highest BCUT2D eigenvalue weighted by Crippen LogP contribution is 2.10. The Kier molecular flexibility index (Phi) is 5.83. The Balaban J connectivity index is 2.49. The number of nitrogens with zero attached hydrogens (tertiary/aromatic N) is 2. The topological polar surface area (TPSA) is 89.2 Å². The molecular weight excluding hydrogens is 272 g/mol. The van der Waals surface area contributed by atoms with Crippen molar-refractivity contribution in [3.8, 4) is 0 Å². The van der Waals surface area contributed by atoms with Crippen LogP contribution in [0.25, 0.3) is 0 Å². The quantitative estimate of drug-likeness (QED) is 0.598. The molecule has 0 radical (unpaired) electrons. The number of carbonyl (C=O) groups is 1. The molecule has 0 aromatic rings. The van der Waals surface area contributed by atoms with Crippen molar-refractivity contribution in [1.29, 1.82) is 0 Å². The zero-order chi connectivity index (χ0) is 16.1. The molecule has 1 fully saturated rings. The molecule has 1 amide bonds. The number of morpholine rings is 1. The fraction of sp³-hybridized carbons (Fsp3) is 0.857. The predicted molar refractivity (Wildman–Crippen MR) is 82.3 cm³/mol. The highest BCUT2D eigenvalue weighted by molar-refractivity contribution is 5.78. The van der Waals surface area contributed by atoms with Crippen molar-refractivity contribution in [2.24, 2.45) is 10.7 Å². The Bertz CT molecular complexity index is 382. The molecule has 0 aliphatic carbocycles. The molecule has 1 heterocycles. The largest absolute Gasteiger partial charge is 0.444 e. The molecule has 1 aliphatic heterocycles. The number of hydrogen-bond donors (Lipinski definition) is 2. The van der Waals surface area contributed by atoms with Crippen LogP contribution in [0.4, 0.5) is 4.79 Å². The fourth-order valence-electron chi connectivity index (χ4n) is 1.79. The van der Waals surface area contributed by atoms with Crippen LogP contribution >= 0.6 is 0 Å². The number of hydrogen-bond acceptors (Lipinski definition) is 4. The van der Waals surface area contributed by atoms with Crippen LogP contribution in [0.3, 0.4) is 0 Å². The first-order valence-electron chi connectivity index (χ1n) is 7.23. The van der Waals surface area contributed by atoms with Gasteiger partial charge in [0.25, 0.3) is 0 Å². The van der Waals surface area contributed by atoms with Gasteiger partial charge in [-0.1, -0.05) is 0 Å². The molecule has 122 valence electrons. The van der Waals surface area contributed by atoms with Crippen molar-refractivity contribution < 1.29 is 14.3 Å². The van der Waals surface area contributed by atoms with Gasteiger partial charge in [-0.2, -0.15) is 0 Å². The summed E-state index contributed by atoms with van der Waals surface area (Å²) in [5.41, 5.74) is 4.92. The van der Waals surface area contributed by atoms with Gasteiger partial charge in [0.2, 0.25) is 0 Å². The summed E-state index contributed by atoms with van der Waals surface area (Å²) >= 11 is 0. The second-order valence-corrected chi connectivity index (χ2v) is 6.78. The Morgan fingerprint density at radius 3 is 2.38 bits per heavy atom. The van der Waals surface area contributed by atoms with Crippen molar-refractivity contribution in [1.82, 2.24) is 10.2 Å². The minimum Gasteiger partial charge on any atom is -0.444 e. The number of nitrogens with one attached hydrogen (secondary N) is 1. The number of guanidine groups is 1. The Morgan fingerprint density at radius 2 is 1.86 bits per heavy atom. The van der Waals surface area contributed by atoms with E-state index in [1.54, 1.807) is 0 Å². The minimum absolute atomic E-state index is 0.384. The average molecular weight is 300 g/mol. The van der Waals surface area contributed by atoms with E-state index >= 15 is 0 Å². The molecule has 7 heteroatoms. The van der Waals surface area contributed by atoms with Crippen molar-refractivity contribution in [3.05, 3.63) is 0 Å². The molecule has 1 rings (SSSR count). The van der Waals surface area contributed by atoms with E-state index in [1.165, 1.54) is 0 Å². The molecule has 7 nitrogen and oxygen atoms in total. The van der Waals surface area contributed by atoms with Crippen LogP contribution in [0.1, 0.15) is 34.6 Å². The summed E-state index contributed by atoms with van der Waals surface area (Å²) < 4.78 is 10.5. The molecule has 0 unspecified atom stereocenters. The van der Waals surface area contributed by atoms with Crippen molar-refractivity contribution in [2.75, 3.05) is 32.8 Å². The van der Waals surface area contributed by atoms with Crippen LogP contribution in [-0.2, 0) is 9.47 Å². The Hall–Kier alpha value is -1.50. The van der Waals surface area contributed by atoms with E-state index in [9.17, 15) is 4.79 Å². The molecule has 0 saturated carbocycles. The first kappa shape index (κ1) is 17.6. The van der Waals surface area contributed by atoms with Gasteiger partial charge in [0.15, 0.2) is 5.96 Å². The molecule has 0 atom stereocenters. The molecule has 1 aliphatic rings. The molecule has 0 aromatic heterocycles. The third-order valence-corrected chi connectivity index (χ3v) is 2.81. The monoisotopic (exact) mass is 300 g/mol. The summed E-state index contributed by atoms with van der Waals surface area (Å²) in [6, 6.07) is 0. The summed E-state index contributed by atoms with van der Waals surface area (Å²) in [7, 11) is 0. The van der Waals surface area contributed by atoms with Crippen molar-refractivity contribution in [2.45, 2.75) is 45.8 Å². The van der Waals surface area contributed by atoms with Gasteiger partial charge in [0.1, 0.15) is 5.60 Å². The zero-order valence-electron chi connectivity index (χ0n) is 13.7. The van der Waals surface area contributed by atoms with Gasteiger partial charge in [-0.15, -0.1) is 0 Å². The van der Waals surface area contributed by atoms with Crippen LogP contribution < -0.4 is 11.1 Å². The summed E-state index contributed by atoms with van der Waals surface area (Å²) in [5.74, 6) is 0.484. The maximum atomic E-state index is 11.8. The van der Waals surface area contributed by atoms with Gasteiger partial charge < -0.3 is 25.4 Å². The second-order valence-electron chi connectivity index (χ2n) is 6.78. The molecule has 1 saturated heterocycles. The summed E-state index contributed by atoms with van der Waals surface area (Å²) in [6.07, 6.45) is -0.451. The van der Waals surface area contributed by atoms with Gasteiger partial charge in [-0.3, -0.25) is 4.99 Å². The third-order valence-electron chi connectivity index (χ3n) is 2.81.